The molecular formula is C6H3ClF3NO. The predicted octanol–water partition coefficient (Wildman–Crippen LogP) is 2.10. The molecule has 1 heterocycles. The Hall–Kier alpha value is -0.970. The zero-order valence-electron chi connectivity index (χ0n) is 5.57. The average molecular weight is 198 g/mol. The maximum atomic E-state index is 12.3. The molecule has 0 amide bonds. The first-order chi connectivity index (χ1) is 5.52. The molecule has 0 radical (unpaired) electrons. The van der Waals surface area contributed by atoms with Crippen LogP contribution in [0.1, 0.15) is 12.0 Å². The van der Waals surface area contributed by atoms with Gasteiger partial charge in [-0.2, -0.15) is 4.39 Å². The molecule has 0 atom stereocenters. The number of aromatic amines is 1. The number of alkyl halides is 2. The van der Waals surface area contributed by atoms with Crippen molar-refractivity contribution in [3.8, 4) is 0 Å². The topological polar surface area (TPSA) is 32.9 Å². The lowest BCUT2D eigenvalue weighted by Crippen LogP contribution is -2.11. The monoisotopic (exact) mass is 197 g/mol. The molecule has 0 aromatic carbocycles. The fraction of sp³-hybridized carbons (Fsp3) is 0.167. The lowest BCUT2D eigenvalue weighted by molar-refractivity contribution is 0.149. The van der Waals surface area contributed by atoms with E-state index in [0.717, 1.165) is 0 Å². The number of H-pyrrole nitrogens is 1. The Morgan fingerprint density at radius 1 is 1.50 bits per heavy atom. The van der Waals surface area contributed by atoms with Crippen LogP contribution in [0, 0.1) is 5.95 Å². The van der Waals surface area contributed by atoms with E-state index in [0.29, 0.717) is 6.07 Å². The summed E-state index contributed by atoms with van der Waals surface area (Å²) < 4.78 is 36.3. The van der Waals surface area contributed by atoms with Crippen molar-refractivity contribution in [3.05, 3.63) is 33.0 Å². The average Bonchev–Trinajstić information content (AvgIpc) is 1.82. The maximum Gasteiger partial charge on any atom is 0.270 e. The van der Waals surface area contributed by atoms with E-state index in [1.807, 2.05) is 0 Å². The van der Waals surface area contributed by atoms with Crippen LogP contribution in [-0.2, 0) is 0 Å². The highest BCUT2D eigenvalue weighted by Crippen LogP contribution is 2.21. The molecule has 0 aliphatic rings. The lowest BCUT2D eigenvalue weighted by atomic mass is 10.3. The highest BCUT2D eigenvalue weighted by molar-refractivity contribution is 6.30. The number of nitrogens with one attached hydrogen (secondary N) is 1. The van der Waals surface area contributed by atoms with Crippen molar-refractivity contribution in [1.29, 1.82) is 0 Å². The summed E-state index contributed by atoms with van der Waals surface area (Å²) in [5.41, 5.74) is -2.01. The van der Waals surface area contributed by atoms with Crippen molar-refractivity contribution in [2.75, 3.05) is 0 Å². The van der Waals surface area contributed by atoms with Gasteiger partial charge in [-0.3, -0.25) is 4.79 Å². The fourth-order valence-corrected chi connectivity index (χ4v) is 0.978. The van der Waals surface area contributed by atoms with E-state index >= 15 is 0 Å². The van der Waals surface area contributed by atoms with E-state index in [-0.39, 0.29) is 0 Å². The Bertz CT molecular complexity index is 349. The summed E-state index contributed by atoms with van der Waals surface area (Å²) in [5, 5.41) is -0.657. The molecule has 66 valence electrons. The van der Waals surface area contributed by atoms with E-state index in [4.69, 9.17) is 11.6 Å². The van der Waals surface area contributed by atoms with Gasteiger partial charge in [-0.05, 0) is 0 Å². The van der Waals surface area contributed by atoms with Crippen molar-refractivity contribution in [1.82, 2.24) is 4.98 Å². The Morgan fingerprint density at radius 2 is 2.08 bits per heavy atom. The van der Waals surface area contributed by atoms with Crippen molar-refractivity contribution >= 4 is 11.6 Å². The van der Waals surface area contributed by atoms with Gasteiger partial charge in [0.05, 0.1) is 0 Å². The van der Waals surface area contributed by atoms with Crippen LogP contribution in [0.2, 0.25) is 5.15 Å². The molecule has 2 nitrogen and oxygen atoms in total. The van der Waals surface area contributed by atoms with E-state index in [2.05, 4.69) is 0 Å². The van der Waals surface area contributed by atoms with Crippen LogP contribution in [0.25, 0.3) is 0 Å². The molecule has 6 heteroatoms. The second kappa shape index (κ2) is 3.18. The van der Waals surface area contributed by atoms with Crippen LogP contribution >= 0.6 is 11.6 Å². The van der Waals surface area contributed by atoms with Gasteiger partial charge in [0.25, 0.3) is 6.43 Å². The minimum absolute atomic E-state index is 0.424. The molecule has 0 unspecified atom stereocenters. The minimum atomic E-state index is -3.00. The van der Waals surface area contributed by atoms with E-state index in [1.54, 1.807) is 4.98 Å². The molecule has 0 saturated carbocycles. The van der Waals surface area contributed by atoms with Crippen LogP contribution in [-0.4, -0.2) is 4.98 Å². The summed E-state index contributed by atoms with van der Waals surface area (Å²) in [6, 6.07) is 0.424. The first-order valence-electron chi connectivity index (χ1n) is 2.88. The van der Waals surface area contributed by atoms with Crippen LogP contribution < -0.4 is 5.43 Å². The second-order valence-corrected chi connectivity index (χ2v) is 2.39. The second-order valence-electron chi connectivity index (χ2n) is 2.01. The molecule has 1 N–H and O–H groups in total. The summed E-state index contributed by atoms with van der Waals surface area (Å²) >= 11 is 5.15. The van der Waals surface area contributed by atoms with E-state index < -0.39 is 28.5 Å². The molecule has 1 rings (SSSR count). The van der Waals surface area contributed by atoms with Gasteiger partial charge in [-0.1, -0.05) is 11.6 Å². The summed E-state index contributed by atoms with van der Waals surface area (Å²) in [6.45, 7) is 0. The normalized spacial score (nSPS) is 10.8. The first-order valence-corrected chi connectivity index (χ1v) is 3.26. The standard InChI is InChI=1S/C6H3ClF3NO/c7-5-4(6(9)10)2(12)1-3(8)11-5/h1,6H,(H,11,12). The Labute approximate surface area is 70.0 Å². The number of hydrogen-bond acceptors (Lipinski definition) is 1. The Balaban J connectivity index is 3.39. The minimum Gasteiger partial charge on any atom is -0.322 e. The molecule has 0 aliphatic carbocycles. The lowest BCUT2D eigenvalue weighted by Gasteiger charge is -2.00. The van der Waals surface area contributed by atoms with Gasteiger partial charge in [0.1, 0.15) is 10.7 Å². The molecule has 0 fully saturated rings. The highest BCUT2D eigenvalue weighted by Gasteiger charge is 2.17. The molecule has 0 spiro atoms. The third-order valence-corrected chi connectivity index (χ3v) is 1.51. The fourth-order valence-electron chi connectivity index (χ4n) is 0.713. The number of hydrogen-bond donors (Lipinski definition) is 1. The largest absolute Gasteiger partial charge is 0.322 e. The van der Waals surface area contributed by atoms with Gasteiger partial charge in [0.15, 0.2) is 11.4 Å². The van der Waals surface area contributed by atoms with Gasteiger partial charge >= 0.3 is 0 Å². The van der Waals surface area contributed by atoms with Crippen LogP contribution in [0.4, 0.5) is 13.2 Å². The molecule has 1 aromatic rings. The number of rotatable bonds is 1. The number of aromatic nitrogens is 1. The number of pyridine rings is 1. The van der Waals surface area contributed by atoms with Crippen LogP contribution in [0.3, 0.4) is 0 Å². The van der Waals surface area contributed by atoms with Gasteiger partial charge in [0.2, 0.25) is 0 Å². The number of halogens is 4. The van der Waals surface area contributed by atoms with Crippen molar-refractivity contribution in [3.63, 3.8) is 0 Å². The molecule has 0 saturated heterocycles. The smallest absolute Gasteiger partial charge is 0.270 e. The quantitative estimate of drug-likeness (QED) is 0.687. The SMILES string of the molecule is O=c1cc(F)[nH]c(Cl)c1C(F)F. The Morgan fingerprint density at radius 3 is 2.50 bits per heavy atom. The van der Waals surface area contributed by atoms with Crippen molar-refractivity contribution < 1.29 is 13.2 Å². The van der Waals surface area contributed by atoms with E-state index in [1.165, 1.54) is 0 Å². The Kier molecular flexibility index (Phi) is 2.42. The summed E-state index contributed by atoms with van der Waals surface area (Å²) in [4.78, 5) is 12.5. The van der Waals surface area contributed by atoms with Crippen LogP contribution in [0.15, 0.2) is 10.9 Å². The molecule has 12 heavy (non-hydrogen) atoms. The van der Waals surface area contributed by atoms with Crippen molar-refractivity contribution in [2.24, 2.45) is 0 Å². The van der Waals surface area contributed by atoms with E-state index in [9.17, 15) is 18.0 Å². The third-order valence-electron chi connectivity index (χ3n) is 1.21. The van der Waals surface area contributed by atoms with Crippen molar-refractivity contribution in [2.45, 2.75) is 6.43 Å². The van der Waals surface area contributed by atoms with Gasteiger partial charge in [-0.25, -0.2) is 8.78 Å². The molecule has 1 aromatic heterocycles. The van der Waals surface area contributed by atoms with Gasteiger partial charge in [-0.15, -0.1) is 0 Å². The zero-order chi connectivity index (χ0) is 9.30. The zero-order valence-corrected chi connectivity index (χ0v) is 6.33. The predicted molar refractivity (Wildman–Crippen MR) is 37.0 cm³/mol. The summed E-state index contributed by atoms with van der Waals surface area (Å²) in [7, 11) is 0. The highest BCUT2D eigenvalue weighted by atomic mass is 35.5. The third kappa shape index (κ3) is 1.61. The van der Waals surface area contributed by atoms with Crippen LogP contribution in [0.5, 0.6) is 0 Å². The summed E-state index contributed by atoms with van der Waals surface area (Å²) in [5.74, 6) is -1.03. The maximum absolute atomic E-state index is 12.3. The molecule has 0 bridgehead atoms. The molecular weight excluding hydrogens is 195 g/mol. The van der Waals surface area contributed by atoms with Gasteiger partial charge < -0.3 is 4.98 Å². The summed E-state index contributed by atoms with van der Waals surface area (Å²) in [6.07, 6.45) is -3.00. The molecule has 0 aliphatic heterocycles. The van der Waals surface area contributed by atoms with Gasteiger partial charge in [0, 0.05) is 6.07 Å². The first kappa shape index (κ1) is 9.12.